The van der Waals surface area contributed by atoms with E-state index in [1.807, 2.05) is 12.1 Å². The van der Waals surface area contributed by atoms with Gasteiger partial charge in [-0.25, -0.2) is 0 Å². The van der Waals surface area contributed by atoms with E-state index in [2.05, 4.69) is 30.3 Å². The third-order valence-electron chi connectivity index (χ3n) is 2.71. The van der Waals surface area contributed by atoms with Gasteiger partial charge in [-0.3, -0.25) is 0 Å². The van der Waals surface area contributed by atoms with Gasteiger partial charge in [-0.15, -0.1) is 11.3 Å². The van der Waals surface area contributed by atoms with Crippen molar-refractivity contribution in [1.82, 2.24) is 0 Å². The number of fused-ring (bicyclic) bond motifs is 3. The van der Waals surface area contributed by atoms with E-state index in [4.69, 9.17) is 9.84 Å². The lowest BCUT2D eigenvalue weighted by atomic mass is 10.1. The van der Waals surface area contributed by atoms with Crippen molar-refractivity contribution in [3.05, 3.63) is 42.5 Å². The molecule has 0 atom stereocenters. The van der Waals surface area contributed by atoms with Crippen molar-refractivity contribution in [2.45, 2.75) is 0 Å². The number of ether oxygens (including phenoxy) is 1. The van der Waals surface area contributed by atoms with E-state index in [1.165, 1.54) is 20.2 Å². The zero-order chi connectivity index (χ0) is 11.7. The van der Waals surface area contributed by atoms with Crippen LogP contribution in [0.1, 0.15) is 0 Å². The van der Waals surface area contributed by atoms with Gasteiger partial charge in [-0.1, -0.05) is 18.2 Å². The maximum atomic E-state index is 8.75. The van der Waals surface area contributed by atoms with Crippen LogP contribution in [0.15, 0.2) is 42.5 Å². The van der Waals surface area contributed by atoms with Gasteiger partial charge < -0.3 is 9.84 Å². The SMILES string of the molecule is OCCOc1ccc2sc3ccccc3c2c1. The molecule has 0 aliphatic rings. The van der Waals surface area contributed by atoms with Crippen molar-refractivity contribution in [2.24, 2.45) is 0 Å². The Morgan fingerprint density at radius 2 is 1.82 bits per heavy atom. The molecule has 2 nitrogen and oxygen atoms in total. The average Bonchev–Trinajstić information content (AvgIpc) is 2.74. The molecule has 0 amide bonds. The van der Waals surface area contributed by atoms with E-state index in [9.17, 15) is 0 Å². The van der Waals surface area contributed by atoms with Crippen LogP contribution in [0.25, 0.3) is 20.2 Å². The highest BCUT2D eigenvalue weighted by Gasteiger charge is 2.05. The number of hydrogen-bond donors (Lipinski definition) is 1. The third kappa shape index (κ3) is 1.88. The molecule has 0 spiro atoms. The largest absolute Gasteiger partial charge is 0.491 e. The predicted molar refractivity (Wildman–Crippen MR) is 71.9 cm³/mol. The van der Waals surface area contributed by atoms with E-state index in [0.717, 1.165) is 5.75 Å². The standard InChI is InChI=1S/C14H12O2S/c15-7-8-16-10-5-6-14-12(9-10)11-3-1-2-4-13(11)17-14/h1-6,9,15H,7-8H2. The smallest absolute Gasteiger partial charge is 0.120 e. The lowest BCUT2D eigenvalue weighted by Crippen LogP contribution is -2.01. The molecule has 0 saturated heterocycles. The fourth-order valence-electron chi connectivity index (χ4n) is 1.96. The molecular formula is C14H12O2S. The Bertz CT molecular complexity index is 657. The molecule has 0 unspecified atom stereocenters. The second-order valence-corrected chi connectivity index (χ2v) is 4.91. The number of hydrogen-bond acceptors (Lipinski definition) is 3. The van der Waals surface area contributed by atoms with Gasteiger partial charge in [-0.2, -0.15) is 0 Å². The van der Waals surface area contributed by atoms with Gasteiger partial charge in [0.2, 0.25) is 0 Å². The molecule has 0 aliphatic heterocycles. The Kier molecular flexibility index (Phi) is 2.71. The lowest BCUT2D eigenvalue weighted by Gasteiger charge is -2.03. The first kappa shape index (κ1) is 10.6. The molecule has 1 heterocycles. The van der Waals surface area contributed by atoms with Crippen molar-refractivity contribution in [1.29, 1.82) is 0 Å². The summed E-state index contributed by atoms with van der Waals surface area (Å²) in [7, 11) is 0. The first-order chi connectivity index (χ1) is 8.38. The molecular weight excluding hydrogens is 232 g/mol. The van der Waals surface area contributed by atoms with Crippen LogP contribution in [0.5, 0.6) is 5.75 Å². The van der Waals surface area contributed by atoms with Crippen LogP contribution in [0.2, 0.25) is 0 Å². The minimum atomic E-state index is 0.0441. The molecule has 2 aromatic carbocycles. The van der Waals surface area contributed by atoms with Crippen LogP contribution in [0.3, 0.4) is 0 Å². The second kappa shape index (κ2) is 4.35. The predicted octanol–water partition coefficient (Wildman–Crippen LogP) is 3.43. The van der Waals surface area contributed by atoms with E-state index >= 15 is 0 Å². The molecule has 0 fully saturated rings. The summed E-state index contributed by atoms with van der Waals surface area (Å²) in [6.07, 6.45) is 0. The van der Waals surface area contributed by atoms with E-state index in [-0.39, 0.29) is 6.61 Å². The fraction of sp³-hybridized carbons (Fsp3) is 0.143. The zero-order valence-electron chi connectivity index (χ0n) is 9.22. The Morgan fingerprint density at radius 3 is 2.71 bits per heavy atom. The Balaban J connectivity index is 2.16. The highest BCUT2D eigenvalue weighted by atomic mass is 32.1. The Labute approximate surface area is 103 Å². The van der Waals surface area contributed by atoms with Crippen molar-refractivity contribution < 1.29 is 9.84 Å². The Morgan fingerprint density at radius 1 is 1.00 bits per heavy atom. The fourth-order valence-corrected chi connectivity index (χ4v) is 3.04. The van der Waals surface area contributed by atoms with Crippen LogP contribution in [0, 0.1) is 0 Å². The maximum absolute atomic E-state index is 8.75. The van der Waals surface area contributed by atoms with Gasteiger partial charge >= 0.3 is 0 Å². The normalized spacial score (nSPS) is 11.1. The molecule has 86 valence electrons. The molecule has 3 rings (SSSR count). The highest BCUT2D eigenvalue weighted by molar-refractivity contribution is 7.25. The molecule has 3 aromatic rings. The molecule has 1 aromatic heterocycles. The van der Waals surface area contributed by atoms with Crippen LogP contribution in [0.4, 0.5) is 0 Å². The first-order valence-electron chi connectivity index (χ1n) is 5.53. The lowest BCUT2D eigenvalue weighted by molar-refractivity contribution is 0.201. The summed E-state index contributed by atoms with van der Waals surface area (Å²) in [5.74, 6) is 0.815. The van der Waals surface area contributed by atoms with Gasteiger partial charge in [0.1, 0.15) is 12.4 Å². The van der Waals surface area contributed by atoms with Crippen molar-refractivity contribution in [3.8, 4) is 5.75 Å². The molecule has 0 aliphatic carbocycles. The minimum absolute atomic E-state index is 0.0441. The molecule has 17 heavy (non-hydrogen) atoms. The van der Waals surface area contributed by atoms with E-state index in [1.54, 1.807) is 11.3 Å². The first-order valence-corrected chi connectivity index (χ1v) is 6.35. The van der Waals surface area contributed by atoms with Gasteiger partial charge in [0.25, 0.3) is 0 Å². The summed E-state index contributed by atoms with van der Waals surface area (Å²) in [6, 6.07) is 14.4. The molecule has 0 radical (unpaired) electrons. The number of aliphatic hydroxyl groups is 1. The number of rotatable bonds is 3. The number of benzene rings is 2. The summed E-state index contributed by atoms with van der Waals surface area (Å²) in [5, 5.41) is 11.2. The number of thiophene rings is 1. The maximum Gasteiger partial charge on any atom is 0.120 e. The van der Waals surface area contributed by atoms with Gasteiger partial charge in [-0.05, 0) is 24.3 Å². The van der Waals surface area contributed by atoms with Gasteiger partial charge in [0.05, 0.1) is 6.61 Å². The molecule has 0 saturated carbocycles. The van der Waals surface area contributed by atoms with Crippen LogP contribution < -0.4 is 4.74 Å². The molecule has 3 heteroatoms. The van der Waals surface area contributed by atoms with Crippen LogP contribution >= 0.6 is 11.3 Å². The minimum Gasteiger partial charge on any atom is -0.491 e. The average molecular weight is 244 g/mol. The zero-order valence-corrected chi connectivity index (χ0v) is 10.0. The van der Waals surface area contributed by atoms with Crippen molar-refractivity contribution in [2.75, 3.05) is 13.2 Å². The van der Waals surface area contributed by atoms with E-state index < -0.39 is 0 Å². The second-order valence-electron chi connectivity index (χ2n) is 3.83. The topological polar surface area (TPSA) is 29.5 Å². The quantitative estimate of drug-likeness (QED) is 0.765. The Hall–Kier alpha value is -1.58. The van der Waals surface area contributed by atoms with Crippen LogP contribution in [-0.4, -0.2) is 18.3 Å². The van der Waals surface area contributed by atoms with Gasteiger partial charge in [0, 0.05) is 20.2 Å². The van der Waals surface area contributed by atoms with E-state index in [0.29, 0.717) is 6.61 Å². The van der Waals surface area contributed by atoms with Crippen LogP contribution in [-0.2, 0) is 0 Å². The van der Waals surface area contributed by atoms with Crippen molar-refractivity contribution >= 4 is 31.5 Å². The van der Waals surface area contributed by atoms with Crippen molar-refractivity contribution in [3.63, 3.8) is 0 Å². The summed E-state index contributed by atoms with van der Waals surface area (Å²) in [6.45, 7) is 0.385. The summed E-state index contributed by atoms with van der Waals surface area (Å²) in [5.41, 5.74) is 0. The summed E-state index contributed by atoms with van der Waals surface area (Å²) >= 11 is 1.79. The summed E-state index contributed by atoms with van der Waals surface area (Å²) in [4.78, 5) is 0. The molecule has 0 bridgehead atoms. The number of aliphatic hydroxyl groups excluding tert-OH is 1. The highest BCUT2D eigenvalue weighted by Crippen LogP contribution is 2.35. The monoisotopic (exact) mass is 244 g/mol. The summed E-state index contributed by atoms with van der Waals surface area (Å²) < 4.78 is 8.00. The molecule has 1 N–H and O–H groups in total. The third-order valence-corrected chi connectivity index (χ3v) is 3.86. The van der Waals surface area contributed by atoms with Gasteiger partial charge in [0.15, 0.2) is 0 Å².